The van der Waals surface area contributed by atoms with E-state index in [1.54, 1.807) is 0 Å². The van der Waals surface area contributed by atoms with E-state index in [2.05, 4.69) is 32.7 Å². The third-order valence-electron chi connectivity index (χ3n) is 3.68. The zero-order valence-electron chi connectivity index (χ0n) is 9.77. The molecule has 0 aromatic heterocycles. The van der Waals surface area contributed by atoms with Crippen molar-refractivity contribution in [2.75, 3.05) is 13.6 Å². The molecule has 1 fully saturated rings. The molecule has 2 unspecified atom stereocenters. The van der Waals surface area contributed by atoms with E-state index >= 15 is 0 Å². The normalized spacial score (nSPS) is 35.3. The van der Waals surface area contributed by atoms with Crippen LogP contribution in [0.3, 0.4) is 0 Å². The molecule has 78 valence electrons. The lowest BCUT2D eigenvalue weighted by Crippen LogP contribution is -2.47. The van der Waals surface area contributed by atoms with Gasteiger partial charge in [-0.15, -0.1) is 0 Å². The lowest BCUT2D eigenvalue weighted by atomic mass is 9.76. The SMILES string of the molecule is CCCN(C)C1(C)CCCC(C)C1. The topological polar surface area (TPSA) is 3.24 Å². The van der Waals surface area contributed by atoms with Gasteiger partial charge in [-0.2, -0.15) is 0 Å². The molecule has 0 saturated heterocycles. The van der Waals surface area contributed by atoms with Crippen LogP contribution in [0.2, 0.25) is 0 Å². The second kappa shape index (κ2) is 4.45. The van der Waals surface area contributed by atoms with Crippen molar-refractivity contribution in [1.82, 2.24) is 4.90 Å². The van der Waals surface area contributed by atoms with Crippen molar-refractivity contribution in [1.29, 1.82) is 0 Å². The lowest BCUT2D eigenvalue weighted by Gasteiger charge is -2.44. The summed E-state index contributed by atoms with van der Waals surface area (Å²) in [5.74, 6) is 0.929. The number of rotatable bonds is 3. The van der Waals surface area contributed by atoms with E-state index in [0.717, 1.165) is 5.92 Å². The minimum Gasteiger partial charge on any atom is -0.301 e. The Morgan fingerprint density at radius 2 is 2.15 bits per heavy atom. The van der Waals surface area contributed by atoms with Gasteiger partial charge in [-0.1, -0.05) is 26.7 Å². The standard InChI is InChI=1S/C12H25N/c1-5-9-13(4)12(3)8-6-7-11(2)10-12/h11H,5-10H2,1-4H3. The molecule has 0 amide bonds. The van der Waals surface area contributed by atoms with Crippen molar-refractivity contribution in [2.45, 2.75) is 58.4 Å². The van der Waals surface area contributed by atoms with Gasteiger partial charge in [-0.3, -0.25) is 0 Å². The first-order valence-electron chi connectivity index (χ1n) is 5.80. The fourth-order valence-corrected chi connectivity index (χ4v) is 2.74. The first-order valence-corrected chi connectivity index (χ1v) is 5.80. The van der Waals surface area contributed by atoms with Crippen molar-refractivity contribution >= 4 is 0 Å². The summed E-state index contributed by atoms with van der Waals surface area (Å²) in [6, 6.07) is 0. The van der Waals surface area contributed by atoms with Crippen molar-refractivity contribution in [2.24, 2.45) is 5.92 Å². The Hall–Kier alpha value is -0.0400. The summed E-state index contributed by atoms with van der Waals surface area (Å²) in [5, 5.41) is 0. The molecule has 1 aliphatic carbocycles. The van der Waals surface area contributed by atoms with Crippen LogP contribution < -0.4 is 0 Å². The molecule has 0 spiro atoms. The van der Waals surface area contributed by atoms with Crippen molar-refractivity contribution in [3.05, 3.63) is 0 Å². The molecule has 0 aliphatic heterocycles. The Balaban J connectivity index is 2.52. The van der Waals surface area contributed by atoms with Crippen LogP contribution in [0.15, 0.2) is 0 Å². The predicted molar refractivity (Wildman–Crippen MR) is 59.0 cm³/mol. The first-order chi connectivity index (χ1) is 6.08. The van der Waals surface area contributed by atoms with Crippen LogP contribution >= 0.6 is 0 Å². The van der Waals surface area contributed by atoms with Crippen LogP contribution in [0.4, 0.5) is 0 Å². The summed E-state index contributed by atoms with van der Waals surface area (Å²) >= 11 is 0. The Morgan fingerprint density at radius 3 is 2.69 bits per heavy atom. The molecule has 0 aromatic carbocycles. The molecule has 13 heavy (non-hydrogen) atoms. The maximum absolute atomic E-state index is 2.57. The molecule has 0 heterocycles. The van der Waals surface area contributed by atoms with Gasteiger partial charge in [-0.25, -0.2) is 0 Å². The Labute approximate surface area is 83.5 Å². The van der Waals surface area contributed by atoms with Crippen LogP contribution in [0.25, 0.3) is 0 Å². The van der Waals surface area contributed by atoms with Crippen LogP contribution in [0, 0.1) is 5.92 Å². The van der Waals surface area contributed by atoms with Crippen LogP contribution in [-0.2, 0) is 0 Å². The molecule has 1 saturated carbocycles. The maximum atomic E-state index is 2.57. The smallest absolute Gasteiger partial charge is 0.0180 e. The molecule has 0 radical (unpaired) electrons. The van der Waals surface area contributed by atoms with Gasteiger partial charge in [0.05, 0.1) is 0 Å². The molecule has 0 aromatic rings. The zero-order valence-corrected chi connectivity index (χ0v) is 9.77. The summed E-state index contributed by atoms with van der Waals surface area (Å²) in [4.78, 5) is 2.57. The van der Waals surface area contributed by atoms with E-state index in [1.165, 1.54) is 38.6 Å². The van der Waals surface area contributed by atoms with Crippen molar-refractivity contribution in [3.63, 3.8) is 0 Å². The van der Waals surface area contributed by atoms with Gasteiger partial charge < -0.3 is 4.90 Å². The molecule has 2 atom stereocenters. The van der Waals surface area contributed by atoms with Gasteiger partial charge in [0.1, 0.15) is 0 Å². The Bertz CT molecular complexity index is 155. The largest absolute Gasteiger partial charge is 0.301 e. The number of hydrogen-bond acceptors (Lipinski definition) is 1. The van der Waals surface area contributed by atoms with E-state index < -0.39 is 0 Å². The quantitative estimate of drug-likeness (QED) is 0.649. The third kappa shape index (κ3) is 2.70. The van der Waals surface area contributed by atoms with Crippen LogP contribution in [0.5, 0.6) is 0 Å². The summed E-state index contributed by atoms with van der Waals surface area (Å²) in [6.45, 7) is 8.37. The zero-order chi connectivity index (χ0) is 9.90. The fraction of sp³-hybridized carbons (Fsp3) is 1.00. The van der Waals surface area contributed by atoms with E-state index in [0.29, 0.717) is 5.54 Å². The molecule has 0 bridgehead atoms. The highest BCUT2D eigenvalue weighted by molar-refractivity contribution is 4.89. The van der Waals surface area contributed by atoms with E-state index in [4.69, 9.17) is 0 Å². The van der Waals surface area contributed by atoms with Crippen LogP contribution in [0.1, 0.15) is 52.9 Å². The van der Waals surface area contributed by atoms with Gasteiger partial charge in [0, 0.05) is 5.54 Å². The van der Waals surface area contributed by atoms with Gasteiger partial charge in [0.2, 0.25) is 0 Å². The summed E-state index contributed by atoms with van der Waals surface area (Å²) < 4.78 is 0. The number of nitrogens with zero attached hydrogens (tertiary/aromatic N) is 1. The monoisotopic (exact) mass is 183 g/mol. The van der Waals surface area contributed by atoms with E-state index in [9.17, 15) is 0 Å². The van der Waals surface area contributed by atoms with Gasteiger partial charge in [-0.05, 0) is 45.7 Å². The van der Waals surface area contributed by atoms with Gasteiger partial charge in [0.15, 0.2) is 0 Å². The molecular formula is C12H25N. The van der Waals surface area contributed by atoms with E-state index in [1.807, 2.05) is 0 Å². The molecule has 0 N–H and O–H groups in total. The molecule has 1 rings (SSSR count). The average Bonchev–Trinajstić information content (AvgIpc) is 2.04. The minimum absolute atomic E-state index is 0.494. The summed E-state index contributed by atoms with van der Waals surface area (Å²) in [5.41, 5.74) is 0.494. The highest BCUT2D eigenvalue weighted by Gasteiger charge is 2.33. The Morgan fingerprint density at radius 1 is 1.46 bits per heavy atom. The molecular weight excluding hydrogens is 158 g/mol. The predicted octanol–water partition coefficient (Wildman–Crippen LogP) is 3.30. The average molecular weight is 183 g/mol. The first kappa shape index (κ1) is 11.0. The van der Waals surface area contributed by atoms with Crippen molar-refractivity contribution in [3.8, 4) is 0 Å². The third-order valence-corrected chi connectivity index (χ3v) is 3.68. The lowest BCUT2D eigenvalue weighted by molar-refractivity contribution is 0.0711. The summed E-state index contributed by atoms with van der Waals surface area (Å²) in [6.07, 6.45) is 6.93. The highest BCUT2D eigenvalue weighted by atomic mass is 15.2. The fourth-order valence-electron chi connectivity index (χ4n) is 2.74. The van der Waals surface area contributed by atoms with Gasteiger partial charge >= 0.3 is 0 Å². The highest BCUT2D eigenvalue weighted by Crippen LogP contribution is 2.35. The van der Waals surface area contributed by atoms with E-state index in [-0.39, 0.29) is 0 Å². The van der Waals surface area contributed by atoms with Crippen molar-refractivity contribution < 1.29 is 0 Å². The Kier molecular flexibility index (Phi) is 3.78. The second-order valence-electron chi connectivity index (χ2n) is 5.12. The minimum atomic E-state index is 0.494. The van der Waals surface area contributed by atoms with Crippen LogP contribution in [-0.4, -0.2) is 24.0 Å². The molecule has 1 aliphatic rings. The summed E-state index contributed by atoms with van der Waals surface area (Å²) in [7, 11) is 2.29. The molecule has 1 nitrogen and oxygen atoms in total. The van der Waals surface area contributed by atoms with Gasteiger partial charge in [0.25, 0.3) is 0 Å². The second-order valence-corrected chi connectivity index (χ2v) is 5.12. The molecule has 1 heteroatoms. The number of hydrogen-bond donors (Lipinski definition) is 0. The maximum Gasteiger partial charge on any atom is 0.0180 e.